The summed E-state index contributed by atoms with van der Waals surface area (Å²) in [5.41, 5.74) is 2.62. The van der Waals surface area contributed by atoms with Crippen LogP contribution in [-0.2, 0) is 12.3 Å². The van der Waals surface area contributed by atoms with Gasteiger partial charge in [0.05, 0.1) is 0 Å². The van der Waals surface area contributed by atoms with E-state index in [2.05, 4.69) is 43.3 Å². The van der Waals surface area contributed by atoms with Gasteiger partial charge >= 0.3 is 0 Å². The van der Waals surface area contributed by atoms with Gasteiger partial charge in [0.25, 0.3) is 0 Å². The van der Waals surface area contributed by atoms with E-state index in [9.17, 15) is 0 Å². The van der Waals surface area contributed by atoms with E-state index in [0.29, 0.717) is 5.88 Å². The number of rotatable bonds is 2. The Kier molecular flexibility index (Phi) is 2.74. The average molecular weight is 205 g/mol. The molecule has 14 heavy (non-hydrogen) atoms. The quantitative estimate of drug-likeness (QED) is 0.645. The first-order valence-corrected chi connectivity index (χ1v) is 5.45. The Morgan fingerprint density at radius 3 is 2.07 bits per heavy atom. The number of fused-ring (bicyclic) bond motifs is 1. The molecule has 0 saturated heterocycles. The van der Waals surface area contributed by atoms with Gasteiger partial charge in [-0.1, -0.05) is 43.3 Å². The van der Waals surface area contributed by atoms with Gasteiger partial charge in [0.2, 0.25) is 0 Å². The number of alkyl halides is 1. The highest BCUT2D eigenvalue weighted by Crippen LogP contribution is 2.23. The molecular weight excluding hydrogens is 192 g/mol. The zero-order valence-corrected chi connectivity index (χ0v) is 9.01. The lowest BCUT2D eigenvalue weighted by atomic mass is 9.99. The third-order valence-electron chi connectivity index (χ3n) is 2.63. The monoisotopic (exact) mass is 204 g/mol. The molecule has 0 atom stereocenters. The molecule has 0 aromatic heterocycles. The number of hydrogen-bond donors (Lipinski definition) is 0. The molecule has 0 saturated carbocycles. The minimum absolute atomic E-state index is 0.588. The second-order valence-electron chi connectivity index (χ2n) is 3.42. The van der Waals surface area contributed by atoms with E-state index in [1.54, 1.807) is 0 Å². The molecule has 0 nitrogen and oxygen atoms in total. The summed E-state index contributed by atoms with van der Waals surface area (Å²) in [5, 5.41) is 2.63. The van der Waals surface area contributed by atoms with E-state index in [1.807, 2.05) is 0 Å². The van der Waals surface area contributed by atoms with Gasteiger partial charge in [-0.05, 0) is 28.3 Å². The summed E-state index contributed by atoms with van der Waals surface area (Å²) >= 11 is 5.90. The highest BCUT2D eigenvalue weighted by Gasteiger charge is 2.01. The van der Waals surface area contributed by atoms with Crippen molar-refractivity contribution in [2.75, 3.05) is 0 Å². The third-order valence-corrected chi connectivity index (χ3v) is 2.92. The van der Waals surface area contributed by atoms with E-state index >= 15 is 0 Å². The molecular formula is C13H13Cl. The van der Waals surface area contributed by atoms with E-state index in [4.69, 9.17) is 11.6 Å². The van der Waals surface area contributed by atoms with E-state index in [0.717, 1.165) is 6.42 Å². The van der Waals surface area contributed by atoms with Crippen LogP contribution in [0.5, 0.6) is 0 Å². The lowest BCUT2D eigenvalue weighted by Gasteiger charge is -2.07. The second-order valence-corrected chi connectivity index (χ2v) is 3.68. The molecule has 0 spiro atoms. The predicted octanol–water partition coefficient (Wildman–Crippen LogP) is 4.14. The van der Waals surface area contributed by atoms with Crippen molar-refractivity contribution in [2.24, 2.45) is 0 Å². The van der Waals surface area contributed by atoms with Crippen LogP contribution in [-0.4, -0.2) is 0 Å². The maximum atomic E-state index is 5.90. The minimum Gasteiger partial charge on any atom is -0.122 e. The first-order valence-electron chi connectivity index (χ1n) is 4.92. The summed E-state index contributed by atoms with van der Waals surface area (Å²) < 4.78 is 0. The number of benzene rings is 2. The van der Waals surface area contributed by atoms with Crippen molar-refractivity contribution in [2.45, 2.75) is 19.2 Å². The van der Waals surface area contributed by atoms with Crippen LogP contribution in [0, 0.1) is 0 Å². The van der Waals surface area contributed by atoms with Crippen molar-refractivity contribution in [1.82, 2.24) is 0 Å². The summed E-state index contributed by atoms with van der Waals surface area (Å²) in [6.45, 7) is 2.18. The summed E-state index contributed by atoms with van der Waals surface area (Å²) in [5.74, 6) is 0.588. The number of aryl methyl sites for hydroxylation is 1. The van der Waals surface area contributed by atoms with Crippen molar-refractivity contribution in [3.8, 4) is 0 Å². The van der Waals surface area contributed by atoms with Crippen molar-refractivity contribution in [1.29, 1.82) is 0 Å². The zero-order valence-electron chi connectivity index (χ0n) is 8.26. The maximum Gasteiger partial charge on any atom is 0.0480 e. The van der Waals surface area contributed by atoms with Crippen molar-refractivity contribution in [3.05, 3.63) is 47.5 Å². The molecule has 0 unspecified atom stereocenters. The fourth-order valence-corrected chi connectivity index (χ4v) is 2.10. The smallest absolute Gasteiger partial charge is 0.0480 e. The zero-order chi connectivity index (χ0) is 9.97. The van der Waals surface area contributed by atoms with Crippen LogP contribution < -0.4 is 0 Å². The summed E-state index contributed by atoms with van der Waals surface area (Å²) in [7, 11) is 0. The molecule has 0 aliphatic rings. The maximum absolute atomic E-state index is 5.90. The normalized spacial score (nSPS) is 10.7. The van der Waals surface area contributed by atoms with Gasteiger partial charge in [-0.15, -0.1) is 11.6 Å². The van der Waals surface area contributed by atoms with Gasteiger partial charge in [-0.2, -0.15) is 0 Å². The highest BCUT2D eigenvalue weighted by atomic mass is 35.5. The largest absolute Gasteiger partial charge is 0.122 e. The van der Waals surface area contributed by atoms with E-state index in [1.165, 1.54) is 21.9 Å². The molecule has 0 aliphatic carbocycles. The van der Waals surface area contributed by atoms with Crippen LogP contribution in [0.3, 0.4) is 0 Å². The second kappa shape index (κ2) is 4.02. The molecule has 2 aromatic rings. The Morgan fingerprint density at radius 2 is 1.50 bits per heavy atom. The molecule has 1 heteroatoms. The number of hydrogen-bond acceptors (Lipinski definition) is 0. The van der Waals surface area contributed by atoms with Gasteiger partial charge < -0.3 is 0 Å². The Hall–Kier alpha value is -1.01. The van der Waals surface area contributed by atoms with Crippen LogP contribution in [0.1, 0.15) is 18.1 Å². The van der Waals surface area contributed by atoms with Crippen LogP contribution in [0.15, 0.2) is 36.4 Å². The van der Waals surface area contributed by atoms with Gasteiger partial charge in [0.15, 0.2) is 0 Å². The molecule has 0 amide bonds. The first-order chi connectivity index (χ1) is 6.86. The Balaban J connectivity index is 2.77. The molecule has 2 aromatic carbocycles. The molecule has 0 fully saturated rings. The van der Waals surface area contributed by atoms with Gasteiger partial charge in [0.1, 0.15) is 0 Å². The Labute approximate surface area is 89.5 Å². The highest BCUT2D eigenvalue weighted by molar-refractivity contribution is 6.18. The molecule has 72 valence electrons. The lowest BCUT2D eigenvalue weighted by molar-refractivity contribution is 1.16. The predicted molar refractivity (Wildman–Crippen MR) is 62.9 cm³/mol. The van der Waals surface area contributed by atoms with Gasteiger partial charge in [-0.25, -0.2) is 0 Å². The SMILES string of the molecule is CCc1cccc2c(CCl)cccc12. The summed E-state index contributed by atoms with van der Waals surface area (Å²) in [4.78, 5) is 0. The summed E-state index contributed by atoms with van der Waals surface area (Å²) in [6.07, 6.45) is 1.07. The van der Waals surface area contributed by atoms with Crippen LogP contribution in [0.4, 0.5) is 0 Å². The van der Waals surface area contributed by atoms with Crippen LogP contribution in [0.2, 0.25) is 0 Å². The van der Waals surface area contributed by atoms with Gasteiger partial charge in [0, 0.05) is 5.88 Å². The van der Waals surface area contributed by atoms with Crippen molar-refractivity contribution < 1.29 is 0 Å². The molecule has 0 N–H and O–H groups in total. The van der Waals surface area contributed by atoms with Crippen molar-refractivity contribution in [3.63, 3.8) is 0 Å². The Morgan fingerprint density at radius 1 is 0.929 bits per heavy atom. The molecule has 2 rings (SSSR count). The topological polar surface area (TPSA) is 0 Å². The number of halogens is 1. The van der Waals surface area contributed by atoms with E-state index < -0.39 is 0 Å². The average Bonchev–Trinajstić information content (AvgIpc) is 2.27. The Bertz CT molecular complexity index is 403. The molecule has 0 aliphatic heterocycles. The molecule has 0 bridgehead atoms. The van der Waals surface area contributed by atoms with Crippen molar-refractivity contribution >= 4 is 22.4 Å². The first kappa shape index (κ1) is 9.54. The summed E-state index contributed by atoms with van der Waals surface area (Å²) in [6, 6.07) is 12.8. The fourth-order valence-electron chi connectivity index (χ4n) is 1.86. The van der Waals surface area contributed by atoms with Crippen LogP contribution >= 0.6 is 11.6 Å². The molecule has 0 heterocycles. The standard InChI is InChI=1S/C13H13Cl/c1-2-10-5-3-8-13-11(9-14)6-4-7-12(10)13/h3-8H,2,9H2,1H3. The molecule has 0 radical (unpaired) electrons. The van der Waals surface area contributed by atoms with Gasteiger partial charge in [-0.3, -0.25) is 0 Å². The minimum atomic E-state index is 0.588. The van der Waals surface area contributed by atoms with Crippen LogP contribution in [0.25, 0.3) is 10.8 Å². The van der Waals surface area contributed by atoms with E-state index in [-0.39, 0.29) is 0 Å². The third kappa shape index (κ3) is 1.51. The fraction of sp³-hybridized carbons (Fsp3) is 0.231. The lowest BCUT2D eigenvalue weighted by Crippen LogP contribution is -1.86.